The number of carboxylic acid groups (broad SMARTS) is 1. The molecule has 0 heterocycles. The predicted molar refractivity (Wildman–Crippen MR) is 73.6 cm³/mol. The first-order valence-electron chi connectivity index (χ1n) is 6.09. The normalized spacial score (nSPS) is 11.8. The van der Waals surface area contributed by atoms with Crippen LogP contribution >= 0.6 is 0 Å². The third-order valence-corrected chi connectivity index (χ3v) is 3.09. The van der Waals surface area contributed by atoms with E-state index in [0.29, 0.717) is 12.0 Å². The second kappa shape index (κ2) is 5.97. The van der Waals surface area contributed by atoms with Crippen LogP contribution in [0.4, 0.5) is 5.69 Å². The minimum Gasteiger partial charge on any atom is -0.481 e. The Bertz CT molecular complexity index is 608. The van der Waals surface area contributed by atoms with E-state index in [4.69, 9.17) is 0 Å². The van der Waals surface area contributed by atoms with E-state index < -0.39 is 16.8 Å². The summed E-state index contributed by atoms with van der Waals surface area (Å²) in [5, 5.41) is 19.9. The van der Waals surface area contributed by atoms with Crippen molar-refractivity contribution in [2.45, 2.75) is 12.3 Å². The van der Waals surface area contributed by atoms with E-state index in [9.17, 15) is 20.0 Å². The van der Waals surface area contributed by atoms with Gasteiger partial charge in [0.15, 0.2) is 0 Å². The number of benzene rings is 2. The van der Waals surface area contributed by atoms with Gasteiger partial charge in [0, 0.05) is 12.1 Å². The van der Waals surface area contributed by atoms with Crippen molar-refractivity contribution in [3.63, 3.8) is 0 Å². The first kappa shape index (κ1) is 13.7. The second-order valence-electron chi connectivity index (χ2n) is 4.43. The summed E-state index contributed by atoms with van der Waals surface area (Å²) in [7, 11) is 0. The van der Waals surface area contributed by atoms with Crippen LogP contribution in [0.2, 0.25) is 0 Å². The Labute approximate surface area is 115 Å². The van der Waals surface area contributed by atoms with Crippen molar-refractivity contribution in [3.05, 3.63) is 75.8 Å². The van der Waals surface area contributed by atoms with Crippen LogP contribution in [0.15, 0.2) is 54.6 Å². The summed E-state index contributed by atoms with van der Waals surface area (Å²) in [6, 6.07) is 15.0. The Morgan fingerprint density at radius 2 is 1.70 bits per heavy atom. The first-order valence-corrected chi connectivity index (χ1v) is 6.09. The average Bonchev–Trinajstić information content (AvgIpc) is 2.45. The predicted octanol–water partition coefficient (Wildman–Crippen LogP) is 3.01. The van der Waals surface area contributed by atoms with Gasteiger partial charge in [-0.15, -0.1) is 0 Å². The molecule has 0 amide bonds. The lowest BCUT2D eigenvalue weighted by Crippen LogP contribution is -2.14. The highest BCUT2D eigenvalue weighted by Crippen LogP contribution is 2.23. The monoisotopic (exact) mass is 271 g/mol. The number of hydrogen-bond donors (Lipinski definition) is 1. The molecule has 0 bridgehead atoms. The van der Waals surface area contributed by atoms with Gasteiger partial charge < -0.3 is 5.11 Å². The molecule has 1 N–H and O–H groups in total. The van der Waals surface area contributed by atoms with Gasteiger partial charge in [0.2, 0.25) is 0 Å². The SMILES string of the molecule is O=C(O)C(Cc1ccccc1)c1ccc([N+](=O)[O-])cc1. The fourth-order valence-corrected chi connectivity index (χ4v) is 2.03. The molecular formula is C15H13NO4. The van der Waals surface area contributed by atoms with Gasteiger partial charge in [-0.25, -0.2) is 0 Å². The number of carbonyl (C=O) groups is 1. The van der Waals surface area contributed by atoms with Gasteiger partial charge in [0.1, 0.15) is 0 Å². The molecule has 5 heteroatoms. The van der Waals surface area contributed by atoms with Crippen LogP contribution in [-0.2, 0) is 11.2 Å². The molecule has 0 saturated carbocycles. The highest BCUT2D eigenvalue weighted by molar-refractivity contribution is 5.76. The van der Waals surface area contributed by atoms with E-state index in [1.807, 2.05) is 30.3 Å². The maximum Gasteiger partial charge on any atom is 0.311 e. The molecule has 0 aliphatic heterocycles. The molecule has 0 fully saturated rings. The number of nitrogens with zero attached hydrogens (tertiary/aromatic N) is 1. The van der Waals surface area contributed by atoms with Gasteiger partial charge >= 0.3 is 5.97 Å². The molecule has 2 aromatic rings. The molecule has 1 atom stereocenters. The quantitative estimate of drug-likeness (QED) is 0.669. The summed E-state index contributed by atoms with van der Waals surface area (Å²) in [5.74, 6) is -1.65. The lowest BCUT2D eigenvalue weighted by atomic mass is 9.92. The van der Waals surface area contributed by atoms with Crippen molar-refractivity contribution in [3.8, 4) is 0 Å². The summed E-state index contributed by atoms with van der Waals surface area (Å²) in [5.41, 5.74) is 1.43. The van der Waals surface area contributed by atoms with E-state index in [1.54, 1.807) is 0 Å². The van der Waals surface area contributed by atoms with Crippen LogP contribution in [0.25, 0.3) is 0 Å². The Morgan fingerprint density at radius 1 is 1.10 bits per heavy atom. The van der Waals surface area contributed by atoms with Crippen molar-refractivity contribution in [2.24, 2.45) is 0 Å². The molecule has 5 nitrogen and oxygen atoms in total. The lowest BCUT2D eigenvalue weighted by Gasteiger charge is -2.12. The molecule has 20 heavy (non-hydrogen) atoms. The molecule has 0 radical (unpaired) electrons. The Kier molecular flexibility index (Phi) is 4.10. The highest BCUT2D eigenvalue weighted by Gasteiger charge is 2.21. The Morgan fingerprint density at radius 3 is 2.20 bits per heavy atom. The summed E-state index contributed by atoms with van der Waals surface area (Å²) in [6.45, 7) is 0. The number of rotatable bonds is 5. The van der Waals surface area contributed by atoms with E-state index >= 15 is 0 Å². The van der Waals surface area contributed by atoms with Crippen LogP contribution in [0.1, 0.15) is 17.0 Å². The smallest absolute Gasteiger partial charge is 0.311 e. The number of aliphatic carboxylic acids is 1. The second-order valence-corrected chi connectivity index (χ2v) is 4.43. The minimum atomic E-state index is -0.942. The van der Waals surface area contributed by atoms with Crippen LogP contribution in [0.5, 0.6) is 0 Å². The molecule has 0 aliphatic carbocycles. The van der Waals surface area contributed by atoms with Crippen molar-refractivity contribution in [1.82, 2.24) is 0 Å². The van der Waals surface area contributed by atoms with Gasteiger partial charge in [-0.05, 0) is 17.5 Å². The van der Waals surface area contributed by atoms with Crippen LogP contribution in [0.3, 0.4) is 0 Å². The largest absolute Gasteiger partial charge is 0.481 e. The van der Waals surface area contributed by atoms with E-state index in [0.717, 1.165) is 5.56 Å². The molecule has 0 saturated heterocycles. The standard InChI is InChI=1S/C15H13NO4/c17-15(18)14(10-11-4-2-1-3-5-11)12-6-8-13(9-7-12)16(19)20/h1-9,14H,10H2,(H,17,18). The van der Waals surface area contributed by atoms with Crippen molar-refractivity contribution >= 4 is 11.7 Å². The van der Waals surface area contributed by atoms with Crippen molar-refractivity contribution in [2.75, 3.05) is 0 Å². The van der Waals surface area contributed by atoms with E-state index in [2.05, 4.69) is 0 Å². The summed E-state index contributed by atoms with van der Waals surface area (Å²) >= 11 is 0. The molecule has 0 spiro atoms. The zero-order valence-corrected chi connectivity index (χ0v) is 10.6. The molecule has 0 aliphatic rings. The number of hydrogen-bond acceptors (Lipinski definition) is 3. The van der Waals surface area contributed by atoms with Gasteiger partial charge in [0.05, 0.1) is 10.8 Å². The summed E-state index contributed by atoms with van der Waals surface area (Å²) < 4.78 is 0. The molecule has 102 valence electrons. The van der Waals surface area contributed by atoms with E-state index in [-0.39, 0.29) is 5.69 Å². The Balaban J connectivity index is 2.25. The zero-order chi connectivity index (χ0) is 14.5. The molecular weight excluding hydrogens is 258 g/mol. The average molecular weight is 271 g/mol. The fourth-order valence-electron chi connectivity index (χ4n) is 2.03. The first-order chi connectivity index (χ1) is 9.58. The van der Waals surface area contributed by atoms with Gasteiger partial charge in [-0.2, -0.15) is 0 Å². The number of carboxylic acids is 1. The molecule has 0 aromatic heterocycles. The topological polar surface area (TPSA) is 80.4 Å². The zero-order valence-electron chi connectivity index (χ0n) is 10.6. The van der Waals surface area contributed by atoms with Crippen LogP contribution in [0, 0.1) is 10.1 Å². The van der Waals surface area contributed by atoms with E-state index in [1.165, 1.54) is 24.3 Å². The van der Waals surface area contributed by atoms with Gasteiger partial charge in [0.25, 0.3) is 5.69 Å². The summed E-state index contributed by atoms with van der Waals surface area (Å²) in [6.07, 6.45) is 0.355. The third-order valence-electron chi connectivity index (χ3n) is 3.09. The highest BCUT2D eigenvalue weighted by atomic mass is 16.6. The van der Waals surface area contributed by atoms with Crippen molar-refractivity contribution < 1.29 is 14.8 Å². The Hall–Kier alpha value is -2.69. The van der Waals surface area contributed by atoms with Crippen molar-refractivity contribution in [1.29, 1.82) is 0 Å². The molecule has 1 unspecified atom stereocenters. The third kappa shape index (κ3) is 3.20. The number of nitro groups is 1. The fraction of sp³-hybridized carbons (Fsp3) is 0.133. The van der Waals surface area contributed by atoms with Gasteiger partial charge in [-0.1, -0.05) is 42.5 Å². The molecule has 2 rings (SSSR count). The lowest BCUT2D eigenvalue weighted by molar-refractivity contribution is -0.384. The maximum absolute atomic E-state index is 11.4. The van der Waals surface area contributed by atoms with Crippen LogP contribution < -0.4 is 0 Å². The number of nitro benzene ring substituents is 1. The summed E-state index contributed by atoms with van der Waals surface area (Å²) in [4.78, 5) is 21.5. The minimum absolute atomic E-state index is 0.0439. The molecule has 2 aromatic carbocycles. The van der Waals surface area contributed by atoms with Crippen LogP contribution in [-0.4, -0.2) is 16.0 Å². The number of non-ortho nitro benzene ring substituents is 1. The maximum atomic E-state index is 11.4. The van der Waals surface area contributed by atoms with Gasteiger partial charge in [-0.3, -0.25) is 14.9 Å².